The molecule has 27 heavy (non-hydrogen) atoms. The Balaban J connectivity index is 1.58. The van der Waals surface area contributed by atoms with Gasteiger partial charge in [0.25, 0.3) is 0 Å². The first-order chi connectivity index (χ1) is 13.1. The number of fused-ring (bicyclic) bond motifs is 1. The Morgan fingerprint density at radius 2 is 2.26 bits per heavy atom. The van der Waals surface area contributed by atoms with Gasteiger partial charge in [0, 0.05) is 43.8 Å². The molecule has 1 aromatic carbocycles. The highest BCUT2D eigenvalue weighted by Crippen LogP contribution is 2.22. The Hall–Kier alpha value is -2.32. The van der Waals surface area contributed by atoms with Crippen LogP contribution in [-0.2, 0) is 30.9 Å². The van der Waals surface area contributed by atoms with E-state index in [9.17, 15) is 0 Å². The van der Waals surface area contributed by atoms with Gasteiger partial charge in [-0.25, -0.2) is 9.67 Å². The zero-order chi connectivity index (χ0) is 19.2. The summed E-state index contributed by atoms with van der Waals surface area (Å²) in [5, 5.41) is 11.9. The molecule has 1 atom stereocenters. The zero-order valence-electron chi connectivity index (χ0n) is 15.8. The maximum atomic E-state index is 6.02. The van der Waals surface area contributed by atoms with Crippen LogP contribution in [0.4, 0.5) is 0 Å². The van der Waals surface area contributed by atoms with Crippen molar-refractivity contribution in [3.05, 3.63) is 40.4 Å². The third-order valence-electron chi connectivity index (χ3n) is 4.44. The first-order valence-corrected chi connectivity index (χ1v) is 9.22. The van der Waals surface area contributed by atoms with Crippen LogP contribution in [0, 0.1) is 0 Å². The molecule has 0 spiro atoms. The fourth-order valence-electron chi connectivity index (χ4n) is 3.10. The summed E-state index contributed by atoms with van der Waals surface area (Å²) in [6, 6.07) is 5.83. The second kappa shape index (κ2) is 9.05. The molecule has 146 valence electrons. The van der Waals surface area contributed by atoms with Gasteiger partial charge in [-0.1, -0.05) is 17.7 Å². The van der Waals surface area contributed by atoms with Crippen molar-refractivity contribution in [2.45, 2.75) is 38.6 Å². The van der Waals surface area contributed by atoms with E-state index in [0.29, 0.717) is 18.2 Å². The van der Waals surface area contributed by atoms with Gasteiger partial charge in [0.05, 0.1) is 13.7 Å². The monoisotopic (exact) mass is 392 g/mol. The van der Waals surface area contributed by atoms with Crippen LogP contribution in [0.3, 0.4) is 0 Å². The number of guanidine groups is 1. The Labute approximate surface area is 163 Å². The topological polar surface area (TPSA) is 85.6 Å². The summed E-state index contributed by atoms with van der Waals surface area (Å²) in [7, 11) is 5.04. The number of aromatic nitrogens is 3. The van der Waals surface area contributed by atoms with E-state index < -0.39 is 0 Å². The summed E-state index contributed by atoms with van der Waals surface area (Å²) >= 11 is 6.02. The summed E-state index contributed by atoms with van der Waals surface area (Å²) in [6.45, 7) is 1.76. The minimum absolute atomic E-state index is 0.230. The van der Waals surface area contributed by atoms with Gasteiger partial charge in [0.1, 0.15) is 18.2 Å². The van der Waals surface area contributed by atoms with Gasteiger partial charge in [0.2, 0.25) is 0 Å². The van der Waals surface area contributed by atoms with E-state index in [2.05, 4.69) is 25.7 Å². The number of nitrogens with zero attached hydrogens (tertiary/aromatic N) is 4. The van der Waals surface area contributed by atoms with Crippen LogP contribution >= 0.6 is 11.6 Å². The molecule has 8 nitrogen and oxygen atoms in total. The van der Waals surface area contributed by atoms with Crippen LogP contribution in [0.2, 0.25) is 5.02 Å². The van der Waals surface area contributed by atoms with Gasteiger partial charge in [0.15, 0.2) is 11.8 Å². The number of rotatable bonds is 6. The molecule has 2 N–H and O–H groups in total. The molecule has 9 heteroatoms. The number of ether oxygens (including phenoxy) is 2. The second-order valence-corrected chi connectivity index (χ2v) is 6.76. The van der Waals surface area contributed by atoms with E-state index in [1.807, 2.05) is 16.8 Å². The molecular formula is C18H25ClN6O2. The Bertz CT molecular complexity index is 807. The lowest BCUT2D eigenvalue weighted by Gasteiger charge is -2.25. The smallest absolute Gasteiger partial charge is 0.191 e. The first kappa shape index (κ1) is 19.4. The van der Waals surface area contributed by atoms with E-state index in [1.54, 1.807) is 27.3 Å². The third-order valence-corrected chi connectivity index (χ3v) is 4.67. The molecule has 1 aromatic heterocycles. The second-order valence-electron chi connectivity index (χ2n) is 6.32. The molecule has 0 saturated carbocycles. The number of nitrogens with one attached hydrogen (secondary N) is 2. The predicted molar refractivity (Wildman–Crippen MR) is 104 cm³/mol. The number of halogens is 1. The minimum atomic E-state index is 0.230. The molecular weight excluding hydrogens is 368 g/mol. The number of hydrogen-bond donors (Lipinski definition) is 2. The SMILES string of the molecule is CN=C(NCc1ccc(Cl)cc1OC)NC1CCc2nc(COC)nn2C1. The van der Waals surface area contributed by atoms with Gasteiger partial charge in [-0.15, -0.1) is 0 Å². The fraction of sp³-hybridized carbons (Fsp3) is 0.500. The summed E-state index contributed by atoms with van der Waals surface area (Å²) < 4.78 is 12.5. The largest absolute Gasteiger partial charge is 0.496 e. The van der Waals surface area contributed by atoms with Gasteiger partial charge >= 0.3 is 0 Å². The molecule has 0 amide bonds. The van der Waals surface area contributed by atoms with Crippen molar-refractivity contribution < 1.29 is 9.47 Å². The number of methoxy groups -OCH3 is 2. The molecule has 3 rings (SSSR count). The Morgan fingerprint density at radius 1 is 1.41 bits per heavy atom. The molecule has 2 aromatic rings. The van der Waals surface area contributed by atoms with Crippen molar-refractivity contribution >= 4 is 17.6 Å². The van der Waals surface area contributed by atoms with Crippen molar-refractivity contribution in [1.29, 1.82) is 0 Å². The molecule has 0 radical (unpaired) electrons. The maximum absolute atomic E-state index is 6.02. The van der Waals surface area contributed by atoms with Gasteiger partial charge in [-0.05, 0) is 18.6 Å². The molecule has 1 aliphatic rings. The zero-order valence-corrected chi connectivity index (χ0v) is 16.6. The van der Waals surface area contributed by atoms with Crippen LogP contribution in [0.15, 0.2) is 23.2 Å². The summed E-state index contributed by atoms with van der Waals surface area (Å²) in [5.41, 5.74) is 1.01. The van der Waals surface area contributed by atoms with Gasteiger partial charge in [-0.2, -0.15) is 5.10 Å². The highest BCUT2D eigenvalue weighted by Gasteiger charge is 2.22. The standard InChI is InChI=1S/C18H25ClN6O2/c1-20-18(21-9-12-4-5-13(19)8-15(12)27-3)22-14-6-7-17-23-16(11-26-2)24-25(17)10-14/h4-5,8,14H,6-7,9-11H2,1-3H3,(H2,20,21,22). The molecule has 2 heterocycles. The van der Waals surface area contributed by atoms with E-state index >= 15 is 0 Å². The minimum Gasteiger partial charge on any atom is -0.496 e. The third kappa shape index (κ3) is 4.90. The van der Waals surface area contributed by atoms with Crippen LogP contribution in [0.25, 0.3) is 0 Å². The van der Waals surface area contributed by atoms with Crippen molar-refractivity contribution in [1.82, 2.24) is 25.4 Å². The lowest BCUT2D eigenvalue weighted by atomic mass is 10.1. The van der Waals surface area contributed by atoms with E-state index in [4.69, 9.17) is 21.1 Å². The van der Waals surface area contributed by atoms with Crippen molar-refractivity contribution in [2.75, 3.05) is 21.3 Å². The van der Waals surface area contributed by atoms with Crippen molar-refractivity contribution in [2.24, 2.45) is 4.99 Å². The predicted octanol–water partition coefficient (Wildman–Crippen LogP) is 1.77. The average Bonchev–Trinajstić information content (AvgIpc) is 3.07. The Kier molecular flexibility index (Phi) is 6.52. The summed E-state index contributed by atoms with van der Waals surface area (Å²) in [4.78, 5) is 8.83. The number of aliphatic imine (C=N–C) groups is 1. The van der Waals surface area contributed by atoms with E-state index in [0.717, 1.165) is 48.3 Å². The molecule has 0 saturated heterocycles. The quantitative estimate of drug-likeness (QED) is 0.575. The summed E-state index contributed by atoms with van der Waals surface area (Å²) in [5.74, 6) is 3.22. The Morgan fingerprint density at radius 3 is 3.00 bits per heavy atom. The summed E-state index contributed by atoms with van der Waals surface area (Å²) in [6.07, 6.45) is 1.84. The van der Waals surface area contributed by atoms with Gasteiger partial charge in [-0.3, -0.25) is 4.99 Å². The molecule has 0 aliphatic carbocycles. The molecule has 0 bridgehead atoms. The van der Waals surface area contributed by atoms with E-state index in [1.165, 1.54) is 0 Å². The fourth-order valence-corrected chi connectivity index (χ4v) is 3.26. The number of benzene rings is 1. The average molecular weight is 393 g/mol. The highest BCUT2D eigenvalue weighted by molar-refractivity contribution is 6.30. The lowest BCUT2D eigenvalue weighted by Crippen LogP contribution is -2.46. The number of aryl methyl sites for hydroxylation is 1. The highest BCUT2D eigenvalue weighted by atomic mass is 35.5. The molecule has 0 fully saturated rings. The number of hydrogen-bond acceptors (Lipinski definition) is 5. The maximum Gasteiger partial charge on any atom is 0.191 e. The molecule has 1 aliphatic heterocycles. The van der Waals surface area contributed by atoms with E-state index in [-0.39, 0.29) is 6.04 Å². The normalized spacial score (nSPS) is 16.7. The lowest BCUT2D eigenvalue weighted by molar-refractivity contribution is 0.177. The van der Waals surface area contributed by atoms with Crippen molar-refractivity contribution in [3.63, 3.8) is 0 Å². The van der Waals surface area contributed by atoms with Crippen LogP contribution in [-0.4, -0.2) is 48.0 Å². The van der Waals surface area contributed by atoms with Crippen LogP contribution in [0.5, 0.6) is 5.75 Å². The van der Waals surface area contributed by atoms with Crippen molar-refractivity contribution in [3.8, 4) is 5.75 Å². The molecule has 1 unspecified atom stereocenters. The first-order valence-electron chi connectivity index (χ1n) is 8.84. The van der Waals surface area contributed by atoms with Gasteiger partial charge < -0.3 is 20.1 Å². The van der Waals surface area contributed by atoms with Crippen LogP contribution in [0.1, 0.15) is 23.6 Å². The van der Waals surface area contributed by atoms with Crippen LogP contribution < -0.4 is 15.4 Å².